The topological polar surface area (TPSA) is 46.6 Å². The number of rotatable bonds is 6. The molecule has 0 aliphatic heterocycles. The third-order valence-electron chi connectivity index (χ3n) is 3.43. The average molecular weight is 323 g/mol. The van der Waals surface area contributed by atoms with Gasteiger partial charge in [0.25, 0.3) is 5.91 Å². The molecule has 4 nitrogen and oxygen atoms in total. The fourth-order valence-corrected chi connectivity index (χ4v) is 2.30. The quantitative estimate of drug-likeness (QED) is 0.602. The van der Waals surface area contributed by atoms with Crippen LogP contribution in [-0.4, -0.2) is 25.0 Å². The fourth-order valence-electron chi connectivity index (χ4n) is 2.30. The molecule has 124 valence electrons. The zero-order chi connectivity index (χ0) is 17.4. The number of hydrogen-bond acceptors (Lipinski definition) is 3. The minimum atomic E-state index is -0.429. The van der Waals surface area contributed by atoms with Crippen LogP contribution >= 0.6 is 0 Å². The molecule has 2 aromatic carbocycles. The Labute approximate surface area is 142 Å². The SMILES string of the molecule is CCOC(=O)CN(C(=O)/C(C)=C/c1ccccc1)c1ccccc1. The van der Waals surface area contributed by atoms with Crippen LogP contribution in [0, 0.1) is 0 Å². The zero-order valence-corrected chi connectivity index (χ0v) is 13.9. The molecule has 0 N–H and O–H groups in total. The van der Waals surface area contributed by atoms with Crippen molar-refractivity contribution >= 4 is 23.6 Å². The van der Waals surface area contributed by atoms with E-state index in [1.54, 1.807) is 26.0 Å². The molecule has 0 spiro atoms. The van der Waals surface area contributed by atoms with E-state index in [2.05, 4.69) is 0 Å². The van der Waals surface area contributed by atoms with Crippen LogP contribution in [0.2, 0.25) is 0 Å². The van der Waals surface area contributed by atoms with Crippen LogP contribution < -0.4 is 4.90 Å². The van der Waals surface area contributed by atoms with Gasteiger partial charge in [0.2, 0.25) is 0 Å². The molecular formula is C20H21NO3. The van der Waals surface area contributed by atoms with Gasteiger partial charge >= 0.3 is 5.97 Å². The number of hydrogen-bond donors (Lipinski definition) is 0. The summed E-state index contributed by atoms with van der Waals surface area (Å²) in [6.45, 7) is 3.66. The number of carbonyl (C=O) groups excluding carboxylic acids is 2. The van der Waals surface area contributed by atoms with Crippen LogP contribution in [0.25, 0.3) is 6.08 Å². The highest BCUT2D eigenvalue weighted by Crippen LogP contribution is 2.17. The number of benzene rings is 2. The van der Waals surface area contributed by atoms with Crippen LogP contribution in [0.1, 0.15) is 19.4 Å². The number of para-hydroxylation sites is 1. The van der Waals surface area contributed by atoms with Crippen LogP contribution in [0.4, 0.5) is 5.69 Å². The monoisotopic (exact) mass is 323 g/mol. The summed E-state index contributed by atoms with van der Waals surface area (Å²) in [7, 11) is 0. The van der Waals surface area contributed by atoms with E-state index in [1.807, 2.05) is 54.6 Å². The number of esters is 1. The van der Waals surface area contributed by atoms with Crippen molar-refractivity contribution in [2.24, 2.45) is 0 Å². The van der Waals surface area contributed by atoms with Crippen molar-refractivity contribution in [1.82, 2.24) is 0 Å². The predicted molar refractivity (Wildman–Crippen MR) is 95.5 cm³/mol. The lowest BCUT2D eigenvalue weighted by Crippen LogP contribution is -2.37. The van der Waals surface area contributed by atoms with Crippen molar-refractivity contribution in [2.45, 2.75) is 13.8 Å². The summed E-state index contributed by atoms with van der Waals surface area (Å²) < 4.78 is 4.99. The van der Waals surface area contributed by atoms with Crippen LogP contribution in [0.3, 0.4) is 0 Å². The summed E-state index contributed by atoms with van der Waals surface area (Å²) in [6, 6.07) is 18.7. The number of carbonyl (C=O) groups is 2. The Bertz CT molecular complexity index is 708. The molecule has 0 unspecified atom stereocenters. The molecule has 0 aliphatic carbocycles. The molecule has 0 atom stereocenters. The van der Waals surface area contributed by atoms with Crippen LogP contribution in [-0.2, 0) is 14.3 Å². The molecular weight excluding hydrogens is 302 g/mol. The lowest BCUT2D eigenvalue weighted by Gasteiger charge is -2.22. The van der Waals surface area contributed by atoms with Crippen molar-refractivity contribution in [3.8, 4) is 0 Å². The van der Waals surface area contributed by atoms with Crippen LogP contribution in [0.15, 0.2) is 66.2 Å². The summed E-state index contributed by atoms with van der Waals surface area (Å²) >= 11 is 0. The maximum atomic E-state index is 12.8. The molecule has 0 saturated heterocycles. The van der Waals surface area contributed by atoms with E-state index in [4.69, 9.17) is 4.74 Å². The molecule has 0 saturated carbocycles. The van der Waals surface area contributed by atoms with Crippen molar-refractivity contribution < 1.29 is 14.3 Å². The maximum Gasteiger partial charge on any atom is 0.326 e. The summed E-state index contributed by atoms with van der Waals surface area (Å²) in [5.74, 6) is -0.652. The Balaban J connectivity index is 2.27. The van der Waals surface area contributed by atoms with E-state index >= 15 is 0 Å². The smallest absolute Gasteiger partial charge is 0.326 e. The van der Waals surface area contributed by atoms with Gasteiger partial charge in [0, 0.05) is 11.3 Å². The summed E-state index contributed by atoms with van der Waals surface area (Å²) in [6.07, 6.45) is 1.81. The molecule has 0 aromatic heterocycles. The molecule has 0 radical (unpaired) electrons. The average Bonchev–Trinajstić information content (AvgIpc) is 2.61. The Hall–Kier alpha value is -2.88. The van der Waals surface area contributed by atoms with Gasteiger partial charge in [0.15, 0.2) is 0 Å². The first-order chi connectivity index (χ1) is 11.6. The minimum absolute atomic E-state index is 0.114. The second-order valence-corrected chi connectivity index (χ2v) is 5.27. The van der Waals surface area contributed by atoms with Crippen molar-refractivity contribution in [2.75, 3.05) is 18.1 Å². The Morgan fingerprint density at radius 2 is 1.58 bits per heavy atom. The molecule has 0 aliphatic rings. The summed E-state index contributed by atoms with van der Waals surface area (Å²) in [5, 5.41) is 0. The van der Waals surface area contributed by atoms with Gasteiger partial charge in [-0.25, -0.2) is 0 Å². The Kier molecular flexibility index (Phi) is 6.32. The molecule has 2 aromatic rings. The van der Waals surface area contributed by atoms with Gasteiger partial charge in [-0.1, -0.05) is 48.5 Å². The largest absolute Gasteiger partial charge is 0.465 e. The molecule has 0 bridgehead atoms. The molecule has 1 amide bonds. The van der Waals surface area contributed by atoms with E-state index in [9.17, 15) is 9.59 Å². The second-order valence-electron chi connectivity index (χ2n) is 5.27. The van der Waals surface area contributed by atoms with Gasteiger partial charge in [-0.15, -0.1) is 0 Å². The van der Waals surface area contributed by atoms with Gasteiger partial charge < -0.3 is 4.74 Å². The number of amides is 1. The minimum Gasteiger partial charge on any atom is -0.465 e. The highest BCUT2D eigenvalue weighted by Gasteiger charge is 2.21. The number of ether oxygens (including phenoxy) is 1. The first-order valence-electron chi connectivity index (χ1n) is 7.87. The third-order valence-corrected chi connectivity index (χ3v) is 3.43. The van der Waals surface area contributed by atoms with Gasteiger partial charge in [-0.3, -0.25) is 14.5 Å². The maximum absolute atomic E-state index is 12.8. The molecule has 4 heteroatoms. The lowest BCUT2D eigenvalue weighted by atomic mass is 10.1. The van der Waals surface area contributed by atoms with Gasteiger partial charge in [-0.2, -0.15) is 0 Å². The predicted octanol–water partition coefficient (Wildman–Crippen LogP) is 3.69. The van der Waals surface area contributed by atoms with Crippen molar-refractivity contribution in [3.05, 3.63) is 71.8 Å². The normalized spacial score (nSPS) is 11.0. The Morgan fingerprint density at radius 3 is 2.17 bits per heavy atom. The number of anilines is 1. The highest BCUT2D eigenvalue weighted by atomic mass is 16.5. The van der Waals surface area contributed by atoms with E-state index in [0.29, 0.717) is 11.3 Å². The third kappa shape index (κ3) is 4.81. The van der Waals surface area contributed by atoms with Crippen molar-refractivity contribution in [3.63, 3.8) is 0 Å². The van der Waals surface area contributed by atoms with E-state index in [1.165, 1.54) is 4.90 Å². The van der Waals surface area contributed by atoms with Crippen LogP contribution in [0.5, 0.6) is 0 Å². The first-order valence-corrected chi connectivity index (χ1v) is 7.87. The van der Waals surface area contributed by atoms with E-state index in [0.717, 1.165) is 5.56 Å². The van der Waals surface area contributed by atoms with Gasteiger partial charge in [-0.05, 0) is 37.6 Å². The van der Waals surface area contributed by atoms with Gasteiger partial charge in [0.05, 0.1) is 6.61 Å². The highest BCUT2D eigenvalue weighted by molar-refractivity contribution is 6.09. The van der Waals surface area contributed by atoms with Crippen molar-refractivity contribution in [1.29, 1.82) is 0 Å². The van der Waals surface area contributed by atoms with Gasteiger partial charge in [0.1, 0.15) is 6.54 Å². The molecule has 2 rings (SSSR count). The van der Waals surface area contributed by atoms with E-state index < -0.39 is 5.97 Å². The molecule has 0 fully saturated rings. The number of nitrogens with zero attached hydrogens (tertiary/aromatic N) is 1. The van der Waals surface area contributed by atoms with E-state index in [-0.39, 0.29) is 19.1 Å². The first kappa shape index (κ1) is 17.5. The second kappa shape index (κ2) is 8.67. The fraction of sp³-hybridized carbons (Fsp3) is 0.200. The zero-order valence-electron chi connectivity index (χ0n) is 13.9. The Morgan fingerprint density at radius 1 is 1.00 bits per heavy atom. The molecule has 0 heterocycles. The lowest BCUT2D eigenvalue weighted by molar-refractivity contribution is -0.142. The summed E-state index contributed by atoms with van der Waals surface area (Å²) in [4.78, 5) is 26.2. The standard InChI is InChI=1S/C20H21NO3/c1-3-24-19(22)15-21(18-12-8-5-9-13-18)20(23)16(2)14-17-10-6-4-7-11-17/h4-14H,3,15H2,1-2H3/b16-14+. The summed E-state index contributed by atoms with van der Waals surface area (Å²) in [5.41, 5.74) is 2.15. The molecule has 24 heavy (non-hydrogen) atoms.